The molecule has 1 aliphatic carbocycles. The van der Waals surface area contributed by atoms with Crippen molar-refractivity contribution in [1.82, 2.24) is 20.6 Å². The standard InChI is InChI=1S/C25H32N6O2S/c1-14-4-7-18-22(26)23(34-25(18)28-14)24(32)29-17-6-8-19-15(10-17)5-9-21(30-19)31-11-16(13-33-3)20(12-31)27-2/h4-5,7,9,16-17,20,27H,6,8,10-13,26H2,1-3H3,(H,29,32)/t16-,17-,20+/m0/s1/i2D3. The Balaban J connectivity index is 1.25. The number of nitrogen functional groups attached to an aromatic ring is 1. The Kier molecular flexibility index (Phi) is 5.45. The predicted molar refractivity (Wildman–Crippen MR) is 137 cm³/mol. The van der Waals surface area contributed by atoms with Crippen molar-refractivity contribution in [2.75, 3.05) is 44.4 Å². The molecule has 1 aliphatic heterocycles. The van der Waals surface area contributed by atoms with Gasteiger partial charge in [-0.15, -0.1) is 11.3 Å². The smallest absolute Gasteiger partial charge is 0.263 e. The number of hydrogen-bond donors (Lipinski definition) is 3. The Bertz CT molecular complexity index is 1310. The zero-order valence-electron chi connectivity index (χ0n) is 22.4. The van der Waals surface area contributed by atoms with Crippen molar-refractivity contribution in [2.24, 2.45) is 5.92 Å². The highest BCUT2D eigenvalue weighted by Crippen LogP contribution is 2.33. The Hall–Kier alpha value is -2.75. The number of thiophene rings is 1. The van der Waals surface area contributed by atoms with Crippen LogP contribution in [0.3, 0.4) is 0 Å². The summed E-state index contributed by atoms with van der Waals surface area (Å²) < 4.78 is 28.1. The molecule has 3 aromatic rings. The molecule has 4 N–H and O–H groups in total. The van der Waals surface area contributed by atoms with E-state index in [1.807, 2.05) is 25.1 Å². The number of pyridine rings is 2. The summed E-state index contributed by atoms with van der Waals surface area (Å²) in [5, 5.41) is 6.74. The molecule has 0 radical (unpaired) electrons. The molecule has 2 aliphatic rings. The van der Waals surface area contributed by atoms with Gasteiger partial charge in [0.25, 0.3) is 5.91 Å². The first-order valence-electron chi connectivity index (χ1n) is 13.1. The van der Waals surface area contributed by atoms with E-state index < -0.39 is 6.98 Å². The third kappa shape index (κ3) is 4.35. The Morgan fingerprint density at radius 2 is 2.21 bits per heavy atom. The van der Waals surface area contributed by atoms with Gasteiger partial charge in [-0.3, -0.25) is 4.79 Å². The third-order valence-electron chi connectivity index (χ3n) is 6.86. The molecule has 180 valence electrons. The van der Waals surface area contributed by atoms with Gasteiger partial charge in [0.2, 0.25) is 0 Å². The van der Waals surface area contributed by atoms with Crippen LogP contribution in [0, 0.1) is 12.8 Å². The summed E-state index contributed by atoms with van der Waals surface area (Å²) in [5.41, 5.74) is 9.79. The van der Waals surface area contributed by atoms with E-state index >= 15 is 0 Å². The molecule has 0 aromatic carbocycles. The van der Waals surface area contributed by atoms with E-state index in [9.17, 15) is 4.79 Å². The summed E-state index contributed by atoms with van der Waals surface area (Å²) in [7, 11) is 1.63. The quantitative estimate of drug-likeness (QED) is 0.495. The number of aryl methyl sites for hydroxylation is 2. The second-order valence-corrected chi connectivity index (χ2v) is 10.2. The number of anilines is 2. The first-order valence-corrected chi connectivity index (χ1v) is 12.4. The number of carbonyl (C=O) groups is 1. The number of carbonyl (C=O) groups excluding carboxylic acids is 1. The van der Waals surface area contributed by atoms with E-state index in [1.54, 1.807) is 7.11 Å². The lowest BCUT2D eigenvalue weighted by atomic mass is 9.91. The van der Waals surface area contributed by atoms with Gasteiger partial charge in [-0.05, 0) is 56.9 Å². The van der Waals surface area contributed by atoms with Gasteiger partial charge in [0, 0.05) is 59.1 Å². The zero-order valence-corrected chi connectivity index (χ0v) is 20.2. The van der Waals surface area contributed by atoms with Crippen molar-refractivity contribution in [1.29, 1.82) is 0 Å². The van der Waals surface area contributed by atoms with E-state index in [1.165, 1.54) is 11.3 Å². The number of methoxy groups -OCH3 is 1. The first-order chi connectivity index (χ1) is 17.6. The van der Waals surface area contributed by atoms with Crippen molar-refractivity contribution in [2.45, 2.75) is 38.3 Å². The fourth-order valence-corrected chi connectivity index (χ4v) is 6.06. The van der Waals surface area contributed by atoms with Crippen LogP contribution in [0.25, 0.3) is 10.2 Å². The predicted octanol–water partition coefficient (Wildman–Crippen LogP) is 2.54. The number of nitrogens with two attached hydrogens (primary N) is 1. The number of likely N-dealkylation sites (N-methyl/N-ethyl adjacent to an activating group) is 1. The lowest BCUT2D eigenvalue weighted by Gasteiger charge is -2.26. The molecule has 34 heavy (non-hydrogen) atoms. The minimum absolute atomic E-state index is 0.00214. The second-order valence-electron chi connectivity index (χ2n) is 9.21. The van der Waals surface area contributed by atoms with Gasteiger partial charge in [0.15, 0.2) is 0 Å². The average Bonchev–Trinajstić information content (AvgIpc) is 3.38. The molecule has 0 spiro atoms. The molecule has 8 nitrogen and oxygen atoms in total. The summed E-state index contributed by atoms with van der Waals surface area (Å²) >= 11 is 1.33. The van der Waals surface area contributed by atoms with Gasteiger partial charge in [0.1, 0.15) is 15.5 Å². The van der Waals surface area contributed by atoms with Crippen LogP contribution < -0.4 is 21.3 Å². The van der Waals surface area contributed by atoms with Gasteiger partial charge in [-0.25, -0.2) is 9.97 Å². The van der Waals surface area contributed by atoms with Crippen molar-refractivity contribution < 1.29 is 13.6 Å². The summed E-state index contributed by atoms with van der Waals surface area (Å²) in [4.78, 5) is 25.9. The minimum Gasteiger partial charge on any atom is -0.397 e. The van der Waals surface area contributed by atoms with Crippen LogP contribution in [-0.4, -0.2) is 61.7 Å². The third-order valence-corrected chi connectivity index (χ3v) is 7.97. The van der Waals surface area contributed by atoms with Gasteiger partial charge < -0.3 is 26.0 Å². The van der Waals surface area contributed by atoms with Crippen molar-refractivity contribution in [3.05, 3.63) is 46.1 Å². The normalized spacial score (nSPS) is 23.9. The number of aromatic nitrogens is 2. The monoisotopic (exact) mass is 483 g/mol. The van der Waals surface area contributed by atoms with Crippen LogP contribution in [0.4, 0.5) is 11.5 Å². The minimum atomic E-state index is -2.20. The summed E-state index contributed by atoms with van der Waals surface area (Å²) in [6.07, 6.45) is 2.24. The number of fused-ring (bicyclic) bond motifs is 2. The number of amides is 1. The molecule has 3 aromatic heterocycles. The highest BCUT2D eigenvalue weighted by Gasteiger charge is 2.33. The molecule has 0 bridgehead atoms. The maximum absolute atomic E-state index is 13.1. The first kappa shape index (κ1) is 19.5. The number of nitrogens with zero attached hydrogens (tertiary/aromatic N) is 3. The lowest BCUT2D eigenvalue weighted by Crippen LogP contribution is -2.39. The Morgan fingerprint density at radius 3 is 3.03 bits per heavy atom. The fourth-order valence-electron chi connectivity index (χ4n) is 5.01. The molecule has 3 atom stereocenters. The van der Waals surface area contributed by atoms with Crippen LogP contribution in [-0.2, 0) is 17.6 Å². The van der Waals surface area contributed by atoms with Gasteiger partial charge >= 0.3 is 0 Å². The zero-order chi connectivity index (χ0) is 26.3. The van der Waals surface area contributed by atoms with E-state index in [-0.39, 0.29) is 23.9 Å². The Labute approximate surface area is 208 Å². The van der Waals surface area contributed by atoms with Crippen molar-refractivity contribution >= 4 is 39.0 Å². The molecule has 9 heteroatoms. The highest BCUT2D eigenvalue weighted by molar-refractivity contribution is 7.21. The van der Waals surface area contributed by atoms with Crippen LogP contribution in [0.15, 0.2) is 24.3 Å². The van der Waals surface area contributed by atoms with Crippen LogP contribution in [0.2, 0.25) is 0 Å². The molecule has 5 rings (SSSR count). The lowest BCUT2D eigenvalue weighted by molar-refractivity contribution is 0.0938. The highest BCUT2D eigenvalue weighted by atomic mass is 32.1. The summed E-state index contributed by atoms with van der Waals surface area (Å²) in [6.45, 7) is 1.43. The van der Waals surface area contributed by atoms with Gasteiger partial charge in [-0.2, -0.15) is 0 Å². The molecular weight excluding hydrogens is 448 g/mol. The maximum Gasteiger partial charge on any atom is 0.263 e. The van der Waals surface area contributed by atoms with E-state index in [0.29, 0.717) is 36.7 Å². The Morgan fingerprint density at radius 1 is 1.32 bits per heavy atom. The second kappa shape index (κ2) is 9.48. The summed E-state index contributed by atoms with van der Waals surface area (Å²) in [5.74, 6) is 0.742. The average molecular weight is 484 g/mol. The topological polar surface area (TPSA) is 105 Å². The van der Waals surface area contributed by atoms with Crippen molar-refractivity contribution in [3.63, 3.8) is 0 Å². The van der Waals surface area contributed by atoms with E-state index in [4.69, 9.17) is 19.6 Å². The van der Waals surface area contributed by atoms with Gasteiger partial charge in [0.05, 0.1) is 12.3 Å². The molecule has 1 amide bonds. The van der Waals surface area contributed by atoms with Crippen LogP contribution in [0.5, 0.6) is 0 Å². The largest absolute Gasteiger partial charge is 0.397 e. The van der Waals surface area contributed by atoms with Crippen molar-refractivity contribution in [3.8, 4) is 0 Å². The fraction of sp³-hybridized carbons (Fsp3) is 0.480. The summed E-state index contributed by atoms with van der Waals surface area (Å²) in [6, 6.07) is 7.67. The van der Waals surface area contributed by atoms with E-state index in [0.717, 1.165) is 45.8 Å². The van der Waals surface area contributed by atoms with E-state index in [2.05, 4.69) is 26.6 Å². The molecule has 0 unspecified atom stereocenters. The molecule has 4 heterocycles. The van der Waals surface area contributed by atoms with Crippen LogP contribution in [0.1, 0.15) is 37.2 Å². The van der Waals surface area contributed by atoms with Gasteiger partial charge in [-0.1, -0.05) is 6.07 Å². The van der Waals surface area contributed by atoms with Crippen LogP contribution >= 0.6 is 11.3 Å². The number of ether oxygens (including phenoxy) is 1. The number of hydrogen-bond acceptors (Lipinski definition) is 8. The molecule has 0 saturated carbocycles. The SMILES string of the molecule is [2H]C([2H])([2H])N[C@@H]1CN(c2ccc3c(n2)CC[C@H](NC(=O)c2sc4nc(C)ccc4c2N)C3)C[C@H]1COC. The molecule has 1 fully saturated rings. The molecular formula is C25H32N6O2S. The maximum atomic E-state index is 13.1. The number of rotatable bonds is 6. The molecule has 1 saturated heterocycles. The number of nitrogens with one attached hydrogen (secondary N) is 2.